The fourth-order valence-electron chi connectivity index (χ4n) is 3.54. The monoisotopic (exact) mass is 379 g/mol. The summed E-state index contributed by atoms with van der Waals surface area (Å²) < 4.78 is 5.71. The number of amides is 1. The third-order valence-corrected chi connectivity index (χ3v) is 5.44. The Morgan fingerprint density at radius 2 is 1.75 bits per heavy atom. The Hall–Kier alpha value is -2.62. The minimum absolute atomic E-state index is 0.00426. The molecule has 2 aromatic rings. The number of aryl methyl sites for hydroxylation is 1. The standard InChI is InChI=1S/C24H29NO3/c1-17(2)21-5-4-6-22(15-21)28-16-23(26)25-13-11-20(12-14-25)24(27)19-9-7-18(3)8-10-19/h4-10,15,17,20H,11-14,16H2,1-3H3. The third-order valence-electron chi connectivity index (χ3n) is 5.44. The van der Waals surface area contributed by atoms with Gasteiger partial charge in [0.2, 0.25) is 0 Å². The van der Waals surface area contributed by atoms with E-state index in [9.17, 15) is 9.59 Å². The van der Waals surface area contributed by atoms with E-state index < -0.39 is 0 Å². The fourth-order valence-corrected chi connectivity index (χ4v) is 3.54. The van der Waals surface area contributed by atoms with Crippen LogP contribution in [-0.2, 0) is 4.79 Å². The van der Waals surface area contributed by atoms with Crippen LogP contribution in [0.15, 0.2) is 48.5 Å². The van der Waals surface area contributed by atoms with Gasteiger partial charge in [-0.25, -0.2) is 0 Å². The van der Waals surface area contributed by atoms with Crippen molar-refractivity contribution >= 4 is 11.7 Å². The van der Waals surface area contributed by atoms with Gasteiger partial charge in [-0.2, -0.15) is 0 Å². The Labute approximate surface area is 167 Å². The number of Topliss-reactive ketones (excluding diaryl/α,β-unsaturated/α-hetero) is 1. The number of carbonyl (C=O) groups is 2. The number of likely N-dealkylation sites (tertiary alicyclic amines) is 1. The average Bonchev–Trinajstić information content (AvgIpc) is 2.72. The van der Waals surface area contributed by atoms with Gasteiger partial charge in [-0.1, -0.05) is 55.8 Å². The molecule has 1 fully saturated rings. The predicted octanol–water partition coefficient (Wildman–Crippen LogP) is 4.62. The fraction of sp³-hybridized carbons (Fsp3) is 0.417. The van der Waals surface area contributed by atoms with Gasteiger partial charge in [-0.3, -0.25) is 9.59 Å². The molecule has 0 saturated carbocycles. The number of piperidine rings is 1. The zero-order chi connectivity index (χ0) is 20.1. The summed E-state index contributed by atoms with van der Waals surface area (Å²) in [6.45, 7) is 7.53. The van der Waals surface area contributed by atoms with Crippen molar-refractivity contribution in [2.24, 2.45) is 5.92 Å². The topological polar surface area (TPSA) is 46.6 Å². The summed E-state index contributed by atoms with van der Waals surface area (Å²) >= 11 is 0. The molecule has 0 radical (unpaired) electrons. The van der Waals surface area contributed by atoms with Gasteiger partial charge in [0.25, 0.3) is 5.91 Å². The highest BCUT2D eigenvalue weighted by atomic mass is 16.5. The number of hydrogen-bond donors (Lipinski definition) is 0. The highest BCUT2D eigenvalue weighted by Crippen LogP contribution is 2.23. The summed E-state index contributed by atoms with van der Waals surface area (Å²) in [5.74, 6) is 1.31. The van der Waals surface area contributed by atoms with E-state index >= 15 is 0 Å². The van der Waals surface area contributed by atoms with E-state index in [-0.39, 0.29) is 24.2 Å². The minimum Gasteiger partial charge on any atom is -0.484 e. The van der Waals surface area contributed by atoms with Crippen molar-refractivity contribution in [1.29, 1.82) is 0 Å². The Balaban J connectivity index is 1.49. The molecule has 0 aromatic heterocycles. The molecule has 0 atom stereocenters. The van der Waals surface area contributed by atoms with Gasteiger partial charge in [0.05, 0.1) is 0 Å². The molecule has 0 spiro atoms. The lowest BCUT2D eigenvalue weighted by Crippen LogP contribution is -2.42. The van der Waals surface area contributed by atoms with E-state index in [0.29, 0.717) is 31.8 Å². The van der Waals surface area contributed by atoms with Crippen LogP contribution in [0, 0.1) is 12.8 Å². The number of rotatable bonds is 6. The molecule has 3 rings (SSSR count). The molecule has 1 aliphatic heterocycles. The molecule has 4 heteroatoms. The van der Waals surface area contributed by atoms with Crippen molar-refractivity contribution in [3.05, 3.63) is 65.2 Å². The Morgan fingerprint density at radius 3 is 2.39 bits per heavy atom. The number of hydrogen-bond acceptors (Lipinski definition) is 3. The Bertz CT molecular complexity index is 818. The van der Waals surface area contributed by atoms with Crippen LogP contribution in [0.5, 0.6) is 5.75 Å². The van der Waals surface area contributed by atoms with Gasteiger partial charge >= 0.3 is 0 Å². The molecule has 4 nitrogen and oxygen atoms in total. The van der Waals surface area contributed by atoms with Gasteiger partial charge in [0, 0.05) is 24.6 Å². The van der Waals surface area contributed by atoms with Crippen LogP contribution in [0.2, 0.25) is 0 Å². The molecule has 2 aromatic carbocycles. The maximum atomic E-state index is 12.7. The van der Waals surface area contributed by atoms with E-state index in [1.807, 2.05) is 54.3 Å². The lowest BCUT2D eigenvalue weighted by molar-refractivity contribution is -0.134. The summed E-state index contributed by atoms with van der Waals surface area (Å²) in [5, 5.41) is 0. The number of nitrogens with zero attached hydrogens (tertiary/aromatic N) is 1. The SMILES string of the molecule is Cc1ccc(C(=O)C2CCN(C(=O)COc3cccc(C(C)C)c3)CC2)cc1. The molecule has 0 unspecified atom stereocenters. The minimum atomic E-state index is -0.0174. The molecule has 0 aliphatic carbocycles. The Kier molecular flexibility index (Phi) is 6.50. The lowest BCUT2D eigenvalue weighted by atomic mass is 9.88. The quantitative estimate of drug-likeness (QED) is 0.688. The van der Waals surface area contributed by atoms with E-state index in [1.54, 1.807) is 0 Å². The van der Waals surface area contributed by atoms with Crippen LogP contribution in [-0.4, -0.2) is 36.3 Å². The highest BCUT2D eigenvalue weighted by Gasteiger charge is 2.28. The summed E-state index contributed by atoms with van der Waals surface area (Å²) in [4.78, 5) is 27.0. The van der Waals surface area contributed by atoms with Crippen molar-refractivity contribution in [2.45, 2.75) is 39.5 Å². The van der Waals surface area contributed by atoms with Gasteiger partial charge < -0.3 is 9.64 Å². The van der Waals surface area contributed by atoms with Gasteiger partial charge in [-0.05, 0) is 43.4 Å². The molecule has 1 amide bonds. The number of benzene rings is 2. The maximum absolute atomic E-state index is 12.7. The molecular formula is C24H29NO3. The van der Waals surface area contributed by atoms with Gasteiger partial charge in [-0.15, -0.1) is 0 Å². The van der Waals surface area contributed by atoms with E-state index in [1.165, 1.54) is 5.56 Å². The smallest absolute Gasteiger partial charge is 0.260 e. The number of ketones is 1. The van der Waals surface area contributed by atoms with Crippen LogP contribution in [0.3, 0.4) is 0 Å². The van der Waals surface area contributed by atoms with Crippen LogP contribution in [0.4, 0.5) is 0 Å². The summed E-state index contributed by atoms with van der Waals surface area (Å²) in [5.41, 5.74) is 3.11. The summed E-state index contributed by atoms with van der Waals surface area (Å²) in [6, 6.07) is 15.6. The first-order valence-corrected chi connectivity index (χ1v) is 10.1. The molecule has 0 N–H and O–H groups in total. The van der Waals surface area contributed by atoms with Crippen LogP contribution < -0.4 is 4.74 Å². The Morgan fingerprint density at radius 1 is 1.07 bits per heavy atom. The number of carbonyl (C=O) groups excluding carboxylic acids is 2. The first kappa shape index (κ1) is 20.1. The molecule has 1 saturated heterocycles. The normalized spacial score (nSPS) is 14.9. The summed E-state index contributed by atoms with van der Waals surface area (Å²) in [6.07, 6.45) is 1.42. The third kappa shape index (κ3) is 5.00. The zero-order valence-corrected chi connectivity index (χ0v) is 17.0. The van der Waals surface area contributed by atoms with Crippen LogP contribution in [0.1, 0.15) is 54.1 Å². The average molecular weight is 380 g/mol. The first-order valence-electron chi connectivity index (χ1n) is 10.1. The molecule has 1 aliphatic rings. The van der Waals surface area contributed by atoms with Crippen molar-refractivity contribution in [2.75, 3.05) is 19.7 Å². The van der Waals surface area contributed by atoms with Crippen LogP contribution >= 0.6 is 0 Å². The molecular weight excluding hydrogens is 350 g/mol. The van der Waals surface area contributed by atoms with Crippen molar-refractivity contribution in [1.82, 2.24) is 4.90 Å². The van der Waals surface area contributed by atoms with Gasteiger partial charge in [0.15, 0.2) is 12.4 Å². The second-order valence-electron chi connectivity index (χ2n) is 7.90. The first-order chi connectivity index (χ1) is 13.4. The van der Waals surface area contributed by atoms with E-state index in [0.717, 1.165) is 16.9 Å². The van der Waals surface area contributed by atoms with Gasteiger partial charge in [0.1, 0.15) is 5.75 Å². The van der Waals surface area contributed by atoms with Crippen molar-refractivity contribution in [3.8, 4) is 5.75 Å². The largest absolute Gasteiger partial charge is 0.484 e. The highest BCUT2D eigenvalue weighted by molar-refractivity contribution is 5.98. The molecule has 28 heavy (non-hydrogen) atoms. The molecule has 1 heterocycles. The molecule has 148 valence electrons. The second kappa shape index (κ2) is 9.05. The van der Waals surface area contributed by atoms with Crippen molar-refractivity contribution < 1.29 is 14.3 Å². The number of ether oxygens (including phenoxy) is 1. The summed E-state index contributed by atoms with van der Waals surface area (Å²) in [7, 11) is 0. The van der Waals surface area contributed by atoms with E-state index in [4.69, 9.17) is 4.74 Å². The lowest BCUT2D eigenvalue weighted by Gasteiger charge is -2.31. The molecule has 0 bridgehead atoms. The van der Waals surface area contributed by atoms with E-state index in [2.05, 4.69) is 19.9 Å². The van der Waals surface area contributed by atoms with Crippen LogP contribution in [0.25, 0.3) is 0 Å². The van der Waals surface area contributed by atoms with Crippen molar-refractivity contribution in [3.63, 3.8) is 0 Å². The maximum Gasteiger partial charge on any atom is 0.260 e. The predicted molar refractivity (Wildman–Crippen MR) is 111 cm³/mol. The zero-order valence-electron chi connectivity index (χ0n) is 17.0. The second-order valence-corrected chi connectivity index (χ2v) is 7.90.